The van der Waals surface area contributed by atoms with Crippen LogP contribution in [0, 0.1) is 0 Å². The normalized spacial score (nSPS) is 11.6. The molecule has 0 N–H and O–H groups in total. The Morgan fingerprint density at radius 2 is 0.836 bits per heavy atom. The Morgan fingerprint density at radius 3 is 1.55 bits per heavy atom. The van der Waals surface area contributed by atoms with Gasteiger partial charge in [-0.2, -0.15) is 0 Å². The van der Waals surface area contributed by atoms with E-state index in [1.165, 1.54) is 54.5 Å². The lowest BCUT2D eigenvalue weighted by Crippen LogP contribution is -2.01. The van der Waals surface area contributed by atoms with Crippen LogP contribution in [0.25, 0.3) is 105 Å². The van der Waals surface area contributed by atoms with Gasteiger partial charge in [0.05, 0.1) is 11.0 Å². The minimum atomic E-state index is 0.630. The molecule has 55 heavy (non-hydrogen) atoms. The first-order valence-electron chi connectivity index (χ1n) is 18.6. The van der Waals surface area contributed by atoms with Crippen LogP contribution in [-0.4, -0.2) is 19.5 Å². The van der Waals surface area contributed by atoms with Crippen LogP contribution in [0.3, 0.4) is 0 Å². The molecule has 2 heterocycles. The fourth-order valence-electron chi connectivity index (χ4n) is 8.22. The summed E-state index contributed by atoms with van der Waals surface area (Å²) in [6, 6.07) is 68.7. The van der Waals surface area contributed by atoms with Gasteiger partial charge in [0, 0.05) is 33.2 Å². The summed E-state index contributed by atoms with van der Waals surface area (Å²) >= 11 is 0. The van der Waals surface area contributed by atoms with Crippen LogP contribution in [-0.2, 0) is 0 Å². The van der Waals surface area contributed by atoms with Crippen LogP contribution in [0.5, 0.6) is 0 Å². The van der Waals surface area contributed by atoms with Crippen molar-refractivity contribution in [3.05, 3.63) is 194 Å². The van der Waals surface area contributed by atoms with Gasteiger partial charge in [-0.15, -0.1) is 0 Å². The molecule has 0 saturated heterocycles. The van der Waals surface area contributed by atoms with Crippen molar-refractivity contribution in [1.29, 1.82) is 0 Å². The number of nitrogens with zero attached hydrogens (tertiary/aromatic N) is 4. The molecule has 2 aromatic heterocycles. The van der Waals surface area contributed by atoms with E-state index in [-0.39, 0.29) is 0 Å². The topological polar surface area (TPSA) is 43.6 Å². The van der Waals surface area contributed by atoms with Crippen LogP contribution in [0.15, 0.2) is 194 Å². The number of benzene rings is 9. The Balaban J connectivity index is 1.09. The number of fused-ring (bicyclic) bond motifs is 7. The lowest BCUT2D eigenvalue weighted by molar-refractivity contribution is 1.07. The largest absolute Gasteiger partial charge is 0.309 e. The fourth-order valence-corrected chi connectivity index (χ4v) is 8.22. The van der Waals surface area contributed by atoms with Gasteiger partial charge >= 0.3 is 0 Å². The second-order valence-corrected chi connectivity index (χ2v) is 14.0. The van der Waals surface area contributed by atoms with Crippen LogP contribution in [0.2, 0.25) is 0 Å². The first-order chi connectivity index (χ1) is 27.3. The molecule has 256 valence electrons. The van der Waals surface area contributed by atoms with E-state index in [0.29, 0.717) is 17.5 Å². The summed E-state index contributed by atoms with van der Waals surface area (Å²) in [5.41, 5.74) is 8.63. The third-order valence-electron chi connectivity index (χ3n) is 10.8. The quantitative estimate of drug-likeness (QED) is 0.179. The molecule has 0 saturated carbocycles. The molecule has 0 amide bonds. The minimum absolute atomic E-state index is 0.630. The standard InChI is InChI=1S/C51H32N4/c1-3-13-33(14-4-1)40-28-29-44(43-22-12-11-21-42(40)43)51-53-49(35-16-5-2-6-17-35)52-50(54-51)36-23-26-39(27-24-36)55-46-30-25-34-15-9-10-20-41(34)48(46)45-31-37-18-7-8-19-38(37)32-47(45)55/h1-32H. The lowest BCUT2D eigenvalue weighted by Gasteiger charge is -2.13. The van der Waals surface area contributed by atoms with Crippen LogP contribution in [0.4, 0.5) is 0 Å². The van der Waals surface area contributed by atoms with Gasteiger partial charge in [0.1, 0.15) is 0 Å². The molecule has 0 bridgehead atoms. The van der Waals surface area contributed by atoms with E-state index >= 15 is 0 Å². The molecule has 11 rings (SSSR count). The first-order valence-corrected chi connectivity index (χ1v) is 18.6. The van der Waals surface area contributed by atoms with E-state index in [9.17, 15) is 0 Å². The highest BCUT2D eigenvalue weighted by atomic mass is 15.0. The smallest absolute Gasteiger partial charge is 0.164 e. The maximum atomic E-state index is 5.18. The van der Waals surface area contributed by atoms with E-state index in [1.54, 1.807) is 0 Å². The molecule has 0 fully saturated rings. The van der Waals surface area contributed by atoms with Crippen molar-refractivity contribution < 1.29 is 0 Å². The summed E-state index contributed by atoms with van der Waals surface area (Å²) in [6.07, 6.45) is 0. The average Bonchev–Trinajstić information content (AvgIpc) is 3.59. The number of hydrogen-bond acceptors (Lipinski definition) is 3. The Hall–Kier alpha value is -7.43. The highest BCUT2D eigenvalue weighted by Crippen LogP contribution is 2.40. The molecule has 0 atom stereocenters. The van der Waals surface area contributed by atoms with Crippen molar-refractivity contribution in [1.82, 2.24) is 19.5 Å². The van der Waals surface area contributed by atoms with E-state index < -0.39 is 0 Å². The summed E-state index contributed by atoms with van der Waals surface area (Å²) in [4.78, 5) is 15.4. The molecule has 11 aromatic rings. The van der Waals surface area contributed by atoms with Gasteiger partial charge in [-0.1, -0.05) is 146 Å². The van der Waals surface area contributed by atoms with Crippen LogP contribution >= 0.6 is 0 Å². The minimum Gasteiger partial charge on any atom is -0.309 e. The summed E-state index contributed by atoms with van der Waals surface area (Å²) in [7, 11) is 0. The van der Waals surface area contributed by atoms with Gasteiger partial charge in [0.15, 0.2) is 17.5 Å². The molecule has 4 nitrogen and oxygen atoms in total. The molecular weight excluding hydrogens is 669 g/mol. The monoisotopic (exact) mass is 700 g/mol. The number of hydrogen-bond donors (Lipinski definition) is 0. The number of rotatable bonds is 5. The zero-order chi connectivity index (χ0) is 36.3. The highest BCUT2D eigenvalue weighted by Gasteiger charge is 2.18. The van der Waals surface area contributed by atoms with Crippen LogP contribution < -0.4 is 0 Å². The van der Waals surface area contributed by atoms with Crippen molar-refractivity contribution >= 4 is 54.1 Å². The molecule has 4 heteroatoms. The van der Waals surface area contributed by atoms with E-state index in [1.807, 2.05) is 18.2 Å². The average molecular weight is 701 g/mol. The molecule has 0 aliphatic carbocycles. The SMILES string of the molecule is c1ccc(-c2nc(-c3ccc(-n4c5cc6ccccc6cc5c5c6ccccc6ccc54)cc3)nc(-c3ccc(-c4ccccc4)c4ccccc34)n2)cc1. The Labute approximate surface area is 317 Å². The second-order valence-electron chi connectivity index (χ2n) is 14.0. The maximum Gasteiger partial charge on any atom is 0.164 e. The first kappa shape index (κ1) is 31.1. The van der Waals surface area contributed by atoms with E-state index in [0.717, 1.165) is 33.2 Å². The predicted octanol–water partition coefficient (Wildman–Crippen LogP) is 13.1. The Morgan fingerprint density at radius 1 is 0.309 bits per heavy atom. The van der Waals surface area contributed by atoms with Gasteiger partial charge in [0.2, 0.25) is 0 Å². The van der Waals surface area contributed by atoms with Crippen LogP contribution in [0.1, 0.15) is 0 Å². The lowest BCUT2D eigenvalue weighted by atomic mass is 9.95. The van der Waals surface area contributed by atoms with Gasteiger partial charge in [0.25, 0.3) is 0 Å². The second kappa shape index (κ2) is 12.6. The summed E-state index contributed by atoms with van der Waals surface area (Å²) in [5.74, 6) is 1.91. The Kier molecular flexibility index (Phi) is 7.14. The van der Waals surface area contributed by atoms with Crippen molar-refractivity contribution in [2.24, 2.45) is 0 Å². The van der Waals surface area contributed by atoms with Crippen molar-refractivity contribution in [2.75, 3.05) is 0 Å². The molecule has 0 radical (unpaired) electrons. The summed E-state index contributed by atoms with van der Waals surface area (Å²) in [5, 5.41) is 9.71. The third kappa shape index (κ3) is 5.19. The maximum absolute atomic E-state index is 5.18. The molecule has 0 aliphatic heterocycles. The molecule has 0 spiro atoms. The van der Waals surface area contributed by atoms with E-state index in [2.05, 4.69) is 180 Å². The van der Waals surface area contributed by atoms with Crippen molar-refractivity contribution in [2.45, 2.75) is 0 Å². The zero-order valence-electron chi connectivity index (χ0n) is 29.8. The molecule has 9 aromatic carbocycles. The summed E-state index contributed by atoms with van der Waals surface area (Å²) < 4.78 is 2.39. The molecular formula is C51H32N4. The predicted molar refractivity (Wildman–Crippen MR) is 228 cm³/mol. The van der Waals surface area contributed by atoms with Gasteiger partial charge < -0.3 is 4.57 Å². The Bertz CT molecular complexity index is 3240. The highest BCUT2D eigenvalue weighted by molar-refractivity contribution is 6.23. The van der Waals surface area contributed by atoms with Gasteiger partial charge in [-0.3, -0.25) is 0 Å². The zero-order valence-corrected chi connectivity index (χ0v) is 29.8. The van der Waals surface area contributed by atoms with E-state index in [4.69, 9.17) is 15.0 Å². The summed E-state index contributed by atoms with van der Waals surface area (Å²) in [6.45, 7) is 0. The molecule has 0 aliphatic rings. The van der Waals surface area contributed by atoms with Gasteiger partial charge in [-0.05, 0) is 92.0 Å². The number of aromatic nitrogens is 4. The van der Waals surface area contributed by atoms with Gasteiger partial charge in [-0.25, -0.2) is 15.0 Å². The molecule has 0 unspecified atom stereocenters. The van der Waals surface area contributed by atoms with Crippen molar-refractivity contribution in [3.63, 3.8) is 0 Å². The van der Waals surface area contributed by atoms with Crippen molar-refractivity contribution in [3.8, 4) is 51.0 Å². The third-order valence-corrected chi connectivity index (χ3v) is 10.8. The fraction of sp³-hybridized carbons (Fsp3) is 0.